The van der Waals surface area contributed by atoms with Gasteiger partial charge >= 0.3 is 6.09 Å². The normalized spacial score (nSPS) is 17.5. The van der Waals surface area contributed by atoms with Gasteiger partial charge in [0.25, 0.3) is 0 Å². The molecule has 166 valence electrons. The third-order valence-electron chi connectivity index (χ3n) is 4.26. The number of ether oxygens (including phenoxy) is 3. The van der Waals surface area contributed by atoms with Crippen molar-refractivity contribution in [2.45, 2.75) is 52.0 Å². The summed E-state index contributed by atoms with van der Waals surface area (Å²) >= 11 is 0. The number of benzene rings is 1. The molecule has 1 saturated heterocycles. The SMILES string of the molecule is CN=C(C(CC1OCCO1)=C(N)[C@H](C)NC(=O)OC(C)(C)C)c1cc(F)cc(F)c1. The van der Waals surface area contributed by atoms with Crippen molar-refractivity contribution in [2.75, 3.05) is 20.3 Å². The summed E-state index contributed by atoms with van der Waals surface area (Å²) in [4.78, 5) is 16.4. The Kier molecular flexibility index (Phi) is 7.91. The zero-order chi connectivity index (χ0) is 22.5. The predicted molar refractivity (Wildman–Crippen MR) is 109 cm³/mol. The van der Waals surface area contributed by atoms with Gasteiger partial charge < -0.3 is 25.3 Å². The standard InChI is InChI=1S/C21H29F2N3O4/c1-12(26-20(27)30-21(2,3)4)18(24)16(11-17-28-6-7-29-17)19(25-5)13-8-14(22)10-15(23)9-13/h8-10,12,17H,6-7,11,24H2,1-5H3,(H,26,27)/t12-/m0/s1. The second-order valence-corrected chi connectivity index (χ2v) is 7.91. The summed E-state index contributed by atoms with van der Waals surface area (Å²) in [5.41, 5.74) is 6.91. The first-order valence-corrected chi connectivity index (χ1v) is 9.65. The molecule has 1 atom stereocenters. The van der Waals surface area contributed by atoms with Gasteiger partial charge in [0.1, 0.15) is 17.2 Å². The van der Waals surface area contributed by atoms with Crippen LogP contribution in [-0.2, 0) is 14.2 Å². The Morgan fingerprint density at radius 3 is 2.33 bits per heavy atom. The van der Waals surface area contributed by atoms with Gasteiger partial charge in [0.2, 0.25) is 0 Å². The van der Waals surface area contributed by atoms with Crippen LogP contribution in [0.25, 0.3) is 0 Å². The minimum absolute atomic E-state index is 0.191. The zero-order valence-electron chi connectivity index (χ0n) is 17.9. The Morgan fingerprint density at radius 2 is 1.83 bits per heavy atom. The van der Waals surface area contributed by atoms with Crippen LogP contribution < -0.4 is 11.1 Å². The molecule has 7 nitrogen and oxygen atoms in total. The number of rotatable bonds is 6. The number of nitrogens with zero attached hydrogens (tertiary/aromatic N) is 1. The molecule has 2 rings (SSSR count). The summed E-state index contributed by atoms with van der Waals surface area (Å²) in [6, 6.07) is 2.47. The molecule has 0 spiro atoms. The van der Waals surface area contributed by atoms with Gasteiger partial charge in [-0.25, -0.2) is 13.6 Å². The first-order valence-electron chi connectivity index (χ1n) is 9.65. The van der Waals surface area contributed by atoms with Crippen molar-refractivity contribution in [3.8, 4) is 0 Å². The Morgan fingerprint density at radius 1 is 1.27 bits per heavy atom. The van der Waals surface area contributed by atoms with Crippen molar-refractivity contribution < 1.29 is 27.8 Å². The number of aliphatic imine (C=N–C) groups is 1. The summed E-state index contributed by atoms with van der Waals surface area (Å²) in [5, 5.41) is 2.67. The van der Waals surface area contributed by atoms with Crippen LogP contribution in [0.2, 0.25) is 0 Å². The van der Waals surface area contributed by atoms with Gasteiger partial charge in [-0.05, 0) is 39.8 Å². The highest BCUT2D eigenvalue weighted by Gasteiger charge is 2.26. The fraction of sp³-hybridized carbons (Fsp3) is 0.524. The number of halogens is 2. The van der Waals surface area contributed by atoms with E-state index in [0.29, 0.717) is 18.8 Å². The van der Waals surface area contributed by atoms with Crippen molar-refractivity contribution in [2.24, 2.45) is 10.7 Å². The minimum Gasteiger partial charge on any atom is -0.444 e. The molecule has 0 radical (unpaired) electrons. The lowest BCUT2D eigenvalue weighted by atomic mass is 9.95. The van der Waals surface area contributed by atoms with Gasteiger partial charge in [-0.2, -0.15) is 0 Å². The molecule has 1 amide bonds. The molecular formula is C21H29F2N3O4. The summed E-state index contributed by atoms with van der Waals surface area (Å²) in [7, 11) is 1.49. The van der Waals surface area contributed by atoms with E-state index in [4.69, 9.17) is 19.9 Å². The van der Waals surface area contributed by atoms with Crippen LogP contribution in [-0.4, -0.2) is 50.0 Å². The maximum atomic E-state index is 13.8. The third kappa shape index (κ3) is 6.77. The zero-order valence-corrected chi connectivity index (χ0v) is 17.9. The van der Waals surface area contributed by atoms with Crippen molar-refractivity contribution in [1.29, 1.82) is 0 Å². The van der Waals surface area contributed by atoms with E-state index in [0.717, 1.165) is 6.07 Å². The first-order chi connectivity index (χ1) is 14.0. The topological polar surface area (TPSA) is 95.2 Å². The molecule has 0 unspecified atom stereocenters. The molecule has 30 heavy (non-hydrogen) atoms. The van der Waals surface area contributed by atoms with Crippen LogP contribution in [0.5, 0.6) is 0 Å². The number of hydrogen-bond donors (Lipinski definition) is 2. The number of carbonyl (C=O) groups is 1. The molecule has 3 N–H and O–H groups in total. The molecule has 0 aromatic heterocycles. The van der Waals surface area contributed by atoms with Crippen LogP contribution in [0, 0.1) is 11.6 Å². The number of carbonyl (C=O) groups excluding carboxylic acids is 1. The van der Waals surface area contributed by atoms with E-state index in [1.54, 1.807) is 27.7 Å². The number of nitrogens with two attached hydrogens (primary N) is 1. The first kappa shape index (κ1) is 23.8. The molecule has 1 fully saturated rings. The van der Waals surface area contributed by atoms with Gasteiger partial charge in [0.15, 0.2) is 6.29 Å². The Balaban J connectivity index is 2.39. The smallest absolute Gasteiger partial charge is 0.408 e. The largest absolute Gasteiger partial charge is 0.444 e. The van der Waals surface area contributed by atoms with Crippen LogP contribution in [0.4, 0.5) is 13.6 Å². The van der Waals surface area contributed by atoms with Crippen LogP contribution >= 0.6 is 0 Å². The van der Waals surface area contributed by atoms with Gasteiger partial charge in [-0.15, -0.1) is 0 Å². The Labute approximate surface area is 175 Å². The quantitative estimate of drug-likeness (QED) is 0.682. The van der Waals surface area contributed by atoms with Gasteiger partial charge in [-0.3, -0.25) is 4.99 Å². The van der Waals surface area contributed by atoms with Crippen molar-refractivity contribution in [3.63, 3.8) is 0 Å². The molecule has 1 aliphatic rings. The van der Waals surface area contributed by atoms with Crippen molar-refractivity contribution >= 4 is 11.8 Å². The maximum absolute atomic E-state index is 13.8. The molecule has 1 aromatic rings. The van der Waals surface area contributed by atoms with E-state index in [1.807, 2.05) is 0 Å². The van der Waals surface area contributed by atoms with Crippen LogP contribution in [0.1, 0.15) is 39.7 Å². The molecule has 1 heterocycles. The highest BCUT2D eigenvalue weighted by molar-refractivity contribution is 6.13. The van der Waals surface area contributed by atoms with E-state index in [1.165, 1.54) is 19.2 Å². The summed E-state index contributed by atoms with van der Waals surface area (Å²) in [6.45, 7) is 7.77. The number of hydrogen-bond acceptors (Lipinski definition) is 6. The molecule has 1 aliphatic heterocycles. The minimum atomic E-state index is -0.739. The Hall–Kier alpha value is -2.52. The second kappa shape index (κ2) is 9.99. The van der Waals surface area contributed by atoms with Crippen molar-refractivity contribution in [3.05, 3.63) is 46.7 Å². The lowest BCUT2D eigenvalue weighted by Crippen LogP contribution is -2.41. The summed E-state index contributed by atoms with van der Waals surface area (Å²) in [5.74, 6) is -1.48. The summed E-state index contributed by atoms with van der Waals surface area (Å²) < 4.78 is 43.9. The number of alkyl carbamates (subject to hydrolysis) is 1. The van der Waals surface area contributed by atoms with Gasteiger partial charge in [-0.1, -0.05) is 0 Å². The highest BCUT2D eigenvalue weighted by atomic mass is 19.1. The molecule has 0 saturated carbocycles. The van der Waals surface area contributed by atoms with Crippen molar-refractivity contribution in [1.82, 2.24) is 5.32 Å². The Bertz CT molecular complexity index is 808. The predicted octanol–water partition coefficient (Wildman–Crippen LogP) is 3.27. The lowest BCUT2D eigenvalue weighted by Gasteiger charge is -2.24. The van der Waals surface area contributed by atoms with E-state index in [2.05, 4.69) is 10.3 Å². The van der Waals surface area contributed by atoms with Gasteiger partial charge in [0, 0.05) is 36.4 Å². The molecule has 0 aliphatic carbocycles. The fourth-order valence-electron chi connectivity index (χ4n) is 3.00. The maximum Gasteiger partial charge on any atom is 0.408 e. The van der Waals surface area contributed by atoms with Crippen LogP contribution in [0.15, 0.2) is 34.5 Å². The lowest BCUT2D eigenvalue weighted by molar-refractivity contribution is -0.0392. The van der Waals surface area contributed by atoms with E-state index in [-0.39, 0.29) is 23.4 Å². The molecule has 9 heteroatoms. The summed E-state index contributed by atoms with van der Waals surface area (Å²) in [6.07, 6.45) is -1.03. The van der Waals surface area contributed by atoms with E-state index < -0.39 is 35.7 Å². The van der Waals surface area contributed by atoms with Crippen LogP contribution in [0.3, 0.4) is 0 Å². The van der Waals surface area contributed by atoms with Gasteiger partial charge in [0.05, 0.1) is 25.0 Å². The monoisotopic (exact) mass is 425 g/mol. The number of amides is 1. The number of nitrogens with one attached hydrogen (secondary N) is 1. The third-order valence-corrected chi connectivity index (χ3v) is 4.26. The second-order valence-electron chi connectivity index (χ2n) is 7.91. The van der Waals surface area contributed by atoms with E-state index in [9.17, 15) is 13.6 Å². The average Bonchev–Trinajstić information content (AvgIpc) is 3.11. The highest BCUT2D eigenvalue weighted by Crippen LogP contribution is 2.23. The molecule has 1 aromatic carbocycles. The fourth-order valence-corrected chi connectivity index (χ4v) is 3.00. The van der Waals surface area contributed by atoms with E-state index >= 15 is 0 Å². The molecular weight excluding hydrogens is 396 g/mol. The molecule has 0 bridgehead atoms. The average molecular weight is 425 g/mol.